The third kappa shape index (κ3) is 6.02. The number of imidazole rings is 1. The Labute approximate surface area is 310 Å². The summed E-state index contributed by atoms with van der Waals surface area (Å²) in [5.41, 5.74) is 7.94. The Bertz CT molecular complexity index is 2280. The van der Waals surface area contributed by atoms with Gasteiger partial charge in [0.2, 0.25) is 0 Å². The summed E-state index contributed by atoms with van der Waals surface area (Å²) in [5, 5.41) is 0. The molecule has 0 bridgehead atoms. The average Bonchev–Trinajstić information content (AvgIpc) is 3.68. The second-order valence-corrected chi connectivity index (χ2v) is 13.2. The fourth-order valence-corrected chi connectivity index (χ4v) is 7.45. The summed E-state index contributed by atoms with van der Waals surface area (Å²) in [6.07, 6.45) is 8.25. The Hall–Kier alpha value is -6.54. The second-order valence-electron chi connectivity index (χ2n) is 13.2. The number of anilines is 3. The van der Waals surface area contributed by atoms with E-state index in [9.17, 15) is 4.79 Å². The molecule has 0 fully saturated rings. The van der Waals surface area contributed by atoms with Gasteiger partial charge >= 0.3 is 0 Å². The van der Waals surface area contributed by atoms with E-state index in [0.717, 1.165) is 56.3 Å². The van der Waals surface area contributed by atoms with E-state index in [0.29, 0.717) is 31.0 Å². The van der Waals surface area contributed by atoms with Crippen LogP contribution in [0.3, 0.4) is 0 Å². The first-order chi connectivity index (χ1) is 26.0. The molecule has 8 rings (SSSR count). The fraction of sp³-hybridized carbons (Fsp3) is 0.156. The summed E-state index contributed by atoms with van der Waals surface area (Å²) in [6, 6.07) is 43.7. The first-order valence-corrected chi connectivity index (χ1v) is 17.9. The van der Waals surface area contributed by atoms with Gasteiger partial charge in [0.05, 0.1) is 29.9 Å². The SMILES string of the molecule is CCN1c2ncc(CCOc3ccc(-c4cn(C(c5ccccc5)(c5ccccc5)c5ccccc5)cn4)cc3C)cc2C(=O)N(C)c2cccnc21. The molecule has 1 aliphatic rings. The van der Waals surface area contributed by atoms with Crippen LogP contribution in [0, 0.1) is 6.92 Å². The highest BCUT2D eigenvalue weighted by Gasteiger charge is 2.38. The van der Waals surface area contributed by atoms with Crippen LogP contribution in [0.5, 0.6) is 5.75 Å². The Morgan fingerprint density at radius 2 is 1.40 bits per heavy atom. The Kier molecular flexibility index (Phi) is 9.02. The molecule has 7 aromatic rings. The summed E-state index contributed by atoms with van der Waals surface area (Å²) in [4.78, 5) is 31.5. The lowest BCUT2D eigenvalue weighted by molar-refractivity contribution is 0.0994. The minimum atomic E-state index is -0.631. The van der Waals surface area contributed by atoms with Gasteiger partial charge < -0.3 is 19.1 Å². The maximum atomic E-state index is 13.6. The minimum absolute atomic E-state index is 0.108. The number of ether oxygens (including phenoxy) is 1. The van der Waals surface area contributed by atoms with Crippen LogP contribution >= 0.6 is 0 Å². The smallest absolute Gasteiger partial charge is 0.261 e. The molecule has 0 unspecified atom stereocenters. The lowest BCUT2D eigenvalue weighted by Crippen LogP contribution is -2.36. The molecule has 262 valence electrons. The van der Waals surface area contributed by atoms with Crippen LogP contribution in [0.25, 0.3) is 11.3 Å². The molecule has 4 aromatic carbocycles. The van der Waals surface area contributed by atoms with Crippen molar-refractivity contribution in [3.63, 3.8) is 0 Å². The first kappa shape index (κ1) is 33.6. The lowest BCUT2D eigenvalue weighted by atomic mass is 9.77. The number of rotatable bonds is 10. The number of pyridine rings is 2. The average molecular weight is 697 g/mol. The van der Waals surface area contributed by atoms with E-state index in [-0.39, 0.29) is 5.91 Å². The van der Waals surface area contributed by atoms with Crippen molar-refractivity contribution in [1.82, 2.24) is 19.5 Å². The number of aryl methyl sites for hydroxylation is 1. The zero-order chi connectivity index (χ0) is 36.4. The topological polar surface area (TPSA) is 76.4 Å². The van der Waals surface area contributed by atoms with Gasteiger partial charge in [0.25, 0.3) is 5.91 Å². The van der Waals surface area contributed by atoms with Gasteiger partial charge in [-0.2, -0.15) is 0 Å². The molecule has 0 atom stereocenters. The zero-order valence-corrected chi connectivity index (χ0v) is 30.1. The Morgan fingerprint density at radius 3 is 2.02 bits per heavy atom. The number of amides is 1. The number of carbonyl (C=O) groups excluding carboxylic acids is 1. The van der Waals surface area contributed by atoms with Gasteiger partial charge in [0, 0.05) is 44.2 Å². The highest BCUT2D eigenvalue weighted by molar-refractivity contribution is 6.12. The van der Waals surface area contributed by atoms with Crippen LogP contribution in [0.15, 0.2) is 152 Å². The number of hydrogen-bond acceptors (Lipinski definition) is 6. The van der Waals surface area contributed by atoms with E-state index in [1.807, 2.05) is 48.6 Å². The lowest BCUT2D eigenvalue weighted by Gasteiger charge is -2.37. The largest absolute Gasteiger partial charge is 0.493 e. The van der Waals surface area contributed by atoms with E-state index in [4.69, 9.17) is 14.7 Å². The molecule has 1 amide bonds. The predicted molar refractivity (Wildman–Crippen MR) is 210 cm³/mol. The molecule has 0 saturated carbocycles. The van der Waals surface area contributed by atoms with E-state index in [1.54, 1.807) is 18.1 Å². The second kappa shape index (κ2) is 14.2. The maximum absolute atomic E-state index is 13.6. The predicted octanol–water partition coefficient (Wildman–Crippen LogP) is 8.86. The molecule has 8 nitrogen and oxygen atoms in total. The number of fused-ring (bicyclic) bond motifs is 2. The van der Waals surface area contributed by atoms with E-state index in [2.05, 4.69) is 126 Å². The third-order valence-electron chi connectivity index (χ3n) is 10.1. The molecule has 4 heterocycles. The van der Waals surface area contributed by atoms with Crippen molar-refractivity contribution in [3.8, 4) is 17.0 Å². The quantitative estimate of drug-likeness (QED) is 0.133. The van der Waals surface area contributed by atoms with Crippen LogP contribution in [0.1, 0.15) is 45.1 Å². The summed E-state index contributed by atoms with van der Waals surface area (Å²) >= 11 is 0. The van der Waals surface area contributed by atoms with Crippen LogP contribution in [0.4, 0.5) is 17.3 Å². The standard InChI is InChI=1S/C45H40N6O2/c1-4-51-42-38(44(52)49(3)40-21-14-25-46-43(40)51)28-33(29-47-42)24-26-53-41-23-22-34(27-32(41)2)39-30-50(31-48-39)45(35-15-8-5-9-16-35,36-17-10-6-11-18-36)37-19-12-7-13-20-37/h5-23,25,27-31H,4,24,26H2,1-3H3. The van der Waals surface area contributed by atoms with Crippen LogP contribution in [0.2, 0.25) is 0 Å². The van der Waals surface area contributed by atoms with Crippen molar-refractivity contribution in [2.45, 2.75) is 25.8 Å². The highest BCUT2D eigenvalue weighted by Crippen LogP contribution is 2.42. The molecule has 8 heteroatoms. The van der Waals surface area contributed by atoms with Crippen molar-refractivity contribution in [2.24, 2.45) is 0 Å². The molecule has 0 spiro atoms. The van der Waals surface area contributed by atoms with E-state index in [1.165, 1.54) is 0 Å². The molecular formula is C45H40N6O2. The van der Waals surface area contributed by atoms with E-state index >= 15 is 0 Å². The van der Waals surface area contributed by atoms with Gasteiger partial charge in [0.1, 0.15) is 17.1 Å². The van der Waals surface area contributed by atoms with E-state index < -0.39 is 5.54 Å². The van der Waals surface area contributed by atoms with Crippen molar-refractivity contribution in [3.05, 3.63) is 186 Å². The number of nitrogens with zero attached hydrogens (tertiary/aromatic N) is 6. The van der Waals surface area contributed by atoms with Gasteiger partial charge in [-0.3, -0.25) is 4.79 Å². The number of hydrogen-bond donors (Lipinski definition) is 0. The molecular weight excluding hydrogens is 657 g/mol. The summed E-state index contributed by atoms with van der Waals surface area (Å²) in [6.45, 7) is 5.17. The molecule has 53 heavy (non-hydrogen) atoms. The van der Waals surface area contributed by atoms with Crippen molar-refractivity contribution < 1.29 is 9.53 Å². The van der Waals surface area contributed by atoms with Crippen LogP contribution in [-0.2, 0) is 12.0 Å². The molecule has 0 saturated heterocycles. The molecule has 0 N–H and O–H groups in total. The van der Waals surface area contributed by atoms with Crippen LogP contribution < -0.4 is 14.5 Å². The number of benzene rings is 4. The van der Waals surface area contributed by atoms with Gasteiger partial charge in [-0.15, -0.1) is 0 Å². The van der Waals surface area contributed by atoms with Gasteiger partial charge in [-0.05, 0) is 78.1 Å². The maximum Gasteiger partial charge on any atom is 0.261 e. The molecule has 1 aliphatic heterocycles. The summed E-state index contributed by atoms with van der Waals surface area (Å²) in [5.74, 6) is 2.04. The zero-order valence-electron chi connectivity index (χ0n) is 30.1. The first-order valence-electron chi connectivity index (χ1n) is 17.9. The van der Waals surface area contributed by atoms with Crippen LogP contribution in [-0.4, -0.2) is 45.6 Å². The Balaban J connectivity index is 1.04. The van der Waals surface area contributed by atoms with Gasteiger partial charge in [-0.1, -0.05) is 91.0 Å². The van der Waals surface area contributed by atoms with Crippen molar-refractivity contribution in [2.75, 3.05) is 30.0 Å². The number of aromatic nitrogens is 4. The number of carbonyl (C=O) groups is 1. The van der Waals surface area contributed by atoms with Crippen molar-refractivity contribution in [1.29, 1.82) is 0 Å². The summed E-state index contributed by atoms with van der Waals surface area (Å²) in [7, 11) is 1.78. The van der Waals surface area contributed by atoms with Gasteiger partial charge in [0.15, 0.2) is 5.82 Å². The highest BCUT2D eigenvalue weighted by atomic mass is 16.5. The minimum Gasteiger partial charge on any atom is -0.493 e. The Morgan fingerprint density at radius 1 is 0.736 bits per heavy atom. The summed E-state index contributed by atoms with van der Waals surface area (Å²) < 4.78 is 8.54. The fourth-order valence-electron chi connectivity index (χ4n) is 7.45. The van der Waals surface area contributed by atoms with Gasteiger partial charge in [-0.25, -0.2) is 15.0 Å². The molecule has 0 aliphatic carbocycles. The normalized spacial score (nSPS) is 12.6. The third-order valence-corrected chi connectivity index (χ3v) is 10.1. The molecule has 3 aromatic heterocycles. The molecule has 0 radical (unpaired) electrons. The van der Waals surface area contributed by atoms with Crippen molar-refractivity contribution >= 4 is 23.2 Å². The monoisotopic (exact) mass is 696 g/mol.